The van der Waals surface area contributed by atoms with Crippen LogP contribution in [0.1, 0.15) is 18.9 Å². The molecule has 1 aliphatic rings. The van der Waals surface area contributed by atoms with Crippen molar-refractivity contribution in [3.8, 4) is 5.75 Å². The normalized spacial score (nSPS) is 19.4. The number of halogens is 1. The largest absolute Gasteiger partial charge is 0.494 e. The fourth-order valence-corrected chi connectivity index (χ4v) is 1.75. The Bertz CT molecular complexity index is 373. The van der Waals surface area contributed by atoms with Crippen molar-refractivity contribution in [3.05, 3.63) is 29.6 Å². The summed E-state index contributed by atoms with van der Waals surface area (Å²) in [6.45, 7) is 3.06. The molecule has 0 amide bonds. The molecule has 0 N–H and O–H groups in total. The van der Waals surface area contributed by atoms with E-state index in [0.29, 0.717) is 18.8 Å². The second-order valence-corrected chi connectivity index (χ2v) is 3.85. The molecule has 4 heteroatoms. The van der Waals surface area contributed by atoms with Gasteiger partial charge in [-0.1, -0.05) is 0 Å². The monoisotopic (exact) mass is 226 g/mol. The molecule has 2 rings (SSSR count). The van der Waals surface area contributed by atoms with Crippen LogP contribution in [0, 0.1) is 5.82 Å². The zero-order valence-electron chi connectivity index (χ0n) is 9.46. The molecule has 0 aliphatic carbocycles. The predicted octanol–water partition coefficient (Wildman–Crippen LogP) is 2.44. The Morgan fingerprint density at radius 3 is 2.56 bits per heavy atom. The maximum absolute atomic E-state index is 13.5. The van der Waals surface area contributed by atoms with Crippen LogP contribution >= 0.6 is 0 Å². The van der Waals surface area contributed by atoms with Crippen molar-refractivity contribution in [1.29, 1.82) is 0 Å². The van der Waals surface area contributed by atoms with Crippen molar-refractivity contribution >= 4 is 0 Å². The van der Waals surface area contributed by atoms with E-state index >= 15 is 0 Å². The lowest BCUT2D eigenvalue weighted by Gasteiger charge is -2.34. The minimum atomic E-state index is -0.842. The van der Waals surface area contributed by atoms with Gasteiger partial charge in [-0.2, -0.15) is 0 Å². The lowest BCUT2D eigenvalue weighted by molar-refractivity contribution is -0.265. The Morgan fingerprint density at radius 2 is 2.00 bits per heavy atom. The number of methoxy groups -OCH3 is 1. The van der Waals surface area contributed by atoms with Crippen LogP contribution in [-0.2, 0) is 15.3 Å². The van der Waals surface area contributed by atoms with Gasteiger partial charge in [0.1, 0.15) is 0 Å². The van der Waals surface area contributed by atoms with E-state index in [1.54, 1.807) is 19.1 Å². The fraction of sp³-hybridized carbons (Fsp3) is 0.500. The summed E-state index contributed by atoms with van der Waals surface area (Å²) >= 11 is 0. The van der Waals surface area contributed by atoms with Crippen LogP contribution < -0.4 is 4.74 Å². The maximum atomic E-state index is 13.5. The highest BCUT2D eigenvalue weighted by Gasteiger charge is 2.31. The Kier molecular flexibility index (Phi) is 3.12. The third-order valence-electron chi connectivity index (χ3n) is 2.72. The second kappa shape index (κ2) is 4.39. The molecule has 1 heterocycles. The average Bonchev–Trinajstić information content (AvgIpc) is 2.30. The number of rotatable bonds is 2. The molecular formula is C12H15FO3. The zero-order valence-corrected chi connectivity index (χ0v) is 9.46. The molecule has 3 nitrogen and oxygen atoms in total. The van der Waals surface area contributed by atoms with Gasteiger partial charge < -0.3 is 14.2 Å². The summed E-state index contributed by atoms with van der Waals surface area (Å²) in [6.07, 6.45) is 0.869. The van der Waals surface area contributed by atoms with E-state index in [1.807, 2.05) is 0 Å². The molecule has 16 heavy (non-hydrogen) atoms. The van der Waals surface area contributed by atoms with Crippen LogP contribution in [0.15, 0.2) is 18.2 Å². The summed E-state index contributed by atoms with van der Waals surface area (Å²) in [5, 5.41) is 0. The molecule has 1 aromatic carbocycles. The Labute approximate surface area is 94.1 Å². The maximum Gasteiger partial charge on any atom is 0.191 e. The summed E-state index contributed by atoms with van der Waals surface area (Å²) in [5.41, 5.74) is 0.672. The number of ether oxygens (including phenoxy) is 3. The molecule has 0 radical (unpaired) electrons. The molecule has 0 atom stereocenters. The Balaban J connectivity index is 2.29. The number of benzene rings is 1. The topological polar surface area (TPSA) is 27.7 Å². The van der Waals surface area contributed by atoms with Crippen molar-refractivity contribution in [2.75, 3.05) is 20.3 Å². The van der Waals surface area contributed by atoms with E-state index < -0.39 is 11.6 Å². The first-order chi connectivity index (χ1) is 7.65. The third-order valence-corrected chi connectivity index (χ3v) is 2.72. The summed E-state index contributed by atoms with van der Waals surface area (Å²) in [4.78, 5) is 0. The van der Waals surface area contributed by atoms with E-state index in [4.69, 9.17) is 14.2 Å². The first-order valence-corrected chi connectivity index (χ1v) is 5.27. The van der Waals surface area contributed by atoms with Crippen molar-refractivity contribution < 1.29 is 18.6 Å². The highest BCUT2D eigenvalue weighted by molar-refractivity contribution is 5.31. The van der Waals surface area contributed by atoms with Gasteiger partial charge in [0.05, 0.1) is 20.3 Å². The molecular weight excluding hydrogens is 211 g/mol. The number of hydrogen-bond acceptors (Lipinski definition) is 3. The molecule has 0 unspecified atom stereocenters. The van der Waals surface area contributed by atoms with Crippen LogP contribution in [0.2, 0.25) is 0 Å². The quantitative estimate of drug-likeness (QED) is 0.775. The Morgan fingerprint density at radius 1 is 1.31 bits per heavy atom. The predicted molar refractivity (Wildman–Crippen MR) is 56.8 cm³/mol. The molecule has 0 bridgehead atoms. The van der Waals surface area contributed by atoms with Gasteiger partial charge in [-0.25, -0.2) is 4.39 Å². The highest BCUT2D eigenvalue weighted by atomic mass is 19.1. The van der Waals surface area contributed by atoms with Gasteiger partial charge in [0.15, 0.2) is 17.4 Å². The van der Waals surface area contributed by atoms with Crippen molar-refractivity contribution in [3.63, 3.8) is 0 Å². The third kappa shape index (κ3) is 2.03. The lowest BCUT2D eigenvalue weighted by Crippen LogP contribution is -2.34. The molecule has 88 valence electrons. The van der Waals surface area contributed by atoms with E-state index in [0.717, 1.165) is 6.42 Å². The van der Waals surface area contributed by atoms with Gasteiger partial charge in [0, 0.05) is 5.56 Å². The van der Waals surface area contributed by atoms with Crippen LogP contribution in [-0.4, -0.2) is 20.3 Å². The molecule has 1 fully saturated rings. The minimum Gasteiger partial charge on any atom is -0.494 e. The average molecular weight is 226 g/mol. The molecule has 1 aromatic rings. The standard InChI is InChI=1S/C12H15FO3/c1-12(15-6-3-7-16-12)9-4-5-11(14-2)10(13)8-9/h4-5,8H,3,6-7H2,1-2H3. The van der Waals surface area contributed by atoms with Crippen molar-refractivity contribution in [2.24, 2.45) is 0 Å². The van der Waals surface area contributed by atoms with Crippen molar-refractivity contribution in [2.45, 2.75) is 19.1 Å². The van der Waals surface area contributed by atoms with E-state index in [2.05, 4.69) is 0 Å². The summed E-state index contributed by atoms with van der Waals surface area (Å²) in [5.74, 6) is -1.02. The van der Waals surface area contributed by atoms with Gasteiger partial charge in [-0.3, -0.25) is 0 Å². The fourth-order valence-electron chi connectivity index (χ4n) is 1.75. The summed E-state index contributed by atoms with van der Waals surface area (Å²) in [7, 11) is 1.44. The molecule has 0 spiro atoms. The van der Waals surface area contributed by atoms with Gasteiger partial charge >= 0.3 is 0 Å². The SMILES string of the molecule is COc1ccc(C2(C)OCCCO2)cc1F. The van der Waals surface area contributed by atoms with Gasteiger partial charge in [-0.05, 0) is 31.5 Å². The lowest BCUT2D eigenvalue weighted by atomic mass is 10.1. The number of hydrogen-bond donors (Lipinski definition) is 0. The van der Waals surface area contributed by atoms with Crippen LogP contribution in [0.5, 0.6) is 5.75 Å². The van der Waals surface area contributed by atoms with E-state index in [9.17, 15) is 4.39 Å². The zero-order chi connectivity index (χ0) is 11.6. The highest BCUT2D eigenvalue weighted by Crippen LogP contribution is 2.32. The molecule has 0 aromatic heterocycles. The minimum absolute atomic E-state index is 0.225. The first-order valence-electron chi connectivity index (χ1n) is 5.27. The summed E-state index contributed by atoms with van der Waals surface area (Å²) in [6, 6.07) is 4.73. The van der Waals surface area contributed by atoms with Crippen molar-refractivity contribution in [1.82, 2.24) is 0 Å². The summed E-state index contributed by atoms with van der Waals surface area (Å²) < 4.78 is 29.5. The van der Waals surface area contributed by atoms with Gasteiger partial charge in [0.2, 0.25) is 0 Å². The van der Waals surface area contributed by atoms with Gasteiger partial charge in [0.25, 0.3) is 0 Å². The second-order valence-electron chi connectivity index (χ2n) is 3.85. The van der Waals surface area contributed by atoms with Crippen LogP contribution in [0.4, 0.5) is 4.39 Å². The smallest absolute Gasteiger partial charge is 0.191 e. The molecule has 1 saturated heterocycles. The van der Waals surface area contributed by atoms with Gasteiger partial charge in [-0.15, -0.1) is 0 Å². The molecule has 0 saturated carbocycles. The molecule has 1 aliphatic heterocycles. The van der Waals surface area contributed by atoms with Crippen LogP contribution in [0.3, 0.4) is 0 Å². The first kappa shape index (κ1) is 11.4. The van der Waals surface area contributed by atoms with E-state index in [-0.39, 0.29) is 5.75 Å². The van der Waals surface area contributed by atoms with E-state index in [1.165, 1.54) is 13.2 Å². The Hall–Kier alpha value is -1.13. The van der Waals surface area contributed by atoms with Crippen LogP contribution in [0.25, 0.3) is 0 Å².